The molecule has 7 heteroatoms. The van der Waals surface area contributed by atoms with Gasteiger partial charge >= 0.3 is 0 Å². The molecule has 0 spiro atoms. The average molecular weight is 635 g/mol. The van der Waals surface area contributed by atoms with Gasteiger partial charge in [-0.15, -0.1) is 0 Å². The lowest BCUT2D eigenvalue weighted by atomic mass is 9.92. The topological polar surface area (TPSA) is 91.1 Å². The summed E-state index contributed by atoms with van der Waals surface area (Å²) in [6.45, 7) is 1.53. The number of rotatable bonds is 9. The lowest BCUT2D eigenvalue weighted by molar-refractivity contribution is -0.307. The third kappa shape index (κ3) is 6.48. The zero-order valence-corrected chi connectivity index (χ0v) is 25.3. The number of aliphatic imine (C=N–C) groups is 2. The number of carbonyl (C=O) groups is 1. The predicted molar refractivity (Wildman–Crippen MR) is 169 cm³/mol. The summed E-state index contributed by atoms with van der Waals surface area (Å²) in [4.78, 5) is 24.4. The molecule has 4 aromatic carbocycles. The molecule has 43 heavy (non-hydrogen) atoms. The van der Waals surface area contributed by atoms with Crippen molar-refractivity contribution in [3.8, 4) is 0 Å². The van der Waals surface area contributed by atoms with Crippen molar-refractivity contribution in [2.75, 3.05) is 6.54 Å². The Balaban J connectivity index is 1.39. The number of benzene rings is 4. The summed E-state index contributed by atoms with van der Waals surface area (Å²) in [5.41, 5.74) is 5.61. The number of carboxylic acids is 1. The fraction of sp³-hybridized carbons (Fsp3) is 0.250. The Bertz CT molecular complexity index is 1660. The van der Waals surface area contributed by atoms with Crippen molar-refractivity contribution in [3.05, 3.63) is 135 Å². The second kappa shape index (κ2) is 13.1. The summed E-state index contributed by atoms with van der Waals surface area (Å²) in [5.74, 6) is -1.74. The van der Waals surface area contributed by atoms with E-state index in [2.05, 4.69) is 38.0 Å². The number of hydrogen-bond acceptors (Lipinski definition) is 6. The minimum atomic E-state index is -1.22. The van der Waals surface area contributed by atoms with Crippen molar-refractivity contribution in [3.63, 3.8) is 0 Å². The molecule has 6 nitrogen and oxygen atoms in total. The summed E-state index contributed by atoms with van der Waals surface area (Å²) in [6, 6.07) is 31.6. The lowest BCUT2D eigenvalue weighted by Crippen LogP contribution is -2.42. The Kier molecular flexibility index (Phi) is 8.82. The molecule has 1 aliphatic carbocycles. The fourth-order valence-electron chi connectivity index (χ4n) is 6.35. The first-order valence-electron chi connectivity index (χ1n) is 14.7. The van der Waals surface area contributed by atoms with E-state index in [1.54, 1.807) is 6.07 Å². The summed E-state index contributed by atoms with van der Waals surface area (Å²) in [5, 5.41) is 26.4. The van der Waals surface area contributed by atoms with Gasteiger partial charge in [0.15, 0.2) is 0 Å². The largest absolute Gasteiger partial charge is 0.861 e. The third-order valence-electron chi connectivity index (χ3n) is 8.44. The maximum absolute atomic E-state index is 13.7. The summed E-state index contributed by atoms with van der Waals surface area (Å²) in [6.07, 6.45) is 3.14. The second-order valence-electron chi connectivity index (χ2n) is 11.2. The monoisotopic (exact) mass is 633 g/mol. The molecule has 0 bridgehead atoms. The van der Waals surface area contributed by atoms with Crippen molar-refractivity contribution in [2.45, 2.75) is 50.2 Å². The number of aliphatic carboxylic acids is 1. The molecule has 0 saturated carbocycles. The fourth-order valence-corrected chi connectivity index (χ4v) is 6.73. The zero-order valence-electron chi connectivity index (χ0n) is 23.7. The Morgan fingerprint density at radius 2 is 1.63 bits per heavy atom. The van der Waals surface area contributed by atoms with Gasteiger partial charge in [0.1, 0.15) is 0 Å². The van der Waals surface area contributed by atoms with E-state index in [9.17, 15) is 15.0 Å². The molecule has 1 aliphatic heterocycles. The van der Waals surface area contributed by atoms with Gasteiger partial charge in [-0.05, 0) is 73.0 Å². The molecule has 0 amide bonds. The first-order chi connectivity index (χ1) is 21.0. The number of hydrogen-bond donors (Lipinski definition) is 0. The first kappa shape index (κ1) is 29.0. The van der Waals surface area contributed by atoms with Crippen LogP contribution in [-0.2, 0) is 17.8 Å². The molecule has 1 saturated heterocycles. The quantitative estimate of drug-likeness (QED) is 0.187. The number of fused-ring (bicyclic) bond motifs is 1. The van der Waals surface area contributed by atoms with Gasteiger partial charge in [0.25, 0.3) is 0 Å². The number of nitrogens with zero attached hydrogens (tertiary/aromatic N) is 3. The normalized spacial score (nSPS) is 19.7. The van der Waals surface area contributed by atoms with E-state index < -0.39 is 12.0 Å². The molecular formula is C36H32BrN3O3-2. The second-order valence-corrected chi connectivity index (χ2v) is 12.1. The van der Waals surface area contributed by atoms with Gasteiger partial charge in [-0.2, -0.15) is 0 Å². The van der Waals surface area contributed by atoms with Crippen LogP contribution in [0.4, 0.5) is 5.69 Å². The van der Waals surface area contributed by atoms with E-state index in [-0.39, 0.29) is 17.9 Å². The molecule has 0 N–H and O–H groups in total. The number of likely N-dealkylation sites (tertiary alicyclic amines) is 1. The molecule has 1 heterocycles. The van der Waals surface area contributed by atoms with Crippen LogP contribution in [0.2, 0.25) is 0 Å². The van der Waals surface area contributed by atoms with E-state index in [4.69, 9.17) is 4.99 Å². The third-order valence-corrected chi connectivity index (χ3v) is 8.93. The van der Waals surface area contributed by atoms with Crippen LogP contribution in [0.1, 0.15) is 53.0 Å². The standard InChI is InChI=1S/C36H34BrN3O3/c37-27-19-17-25-18-20-28(30(25)22-27)34(36(42)43)39-33(26-12-5-2-6-13-26)29-14-7-8-15-31(29)38-35(41)32-16-9-21-40(32)23-24-10-3-1-4-11-24/h1-8,10-15,17,19,22,28,32,34H,9,16,18,20-21,23H2,(H,38,41)(H,42,43)/p-2/t28-,32+,34+/m1/s1. The van der Waals surface area contributed by atoms with Crippen molar-refractivity contribution < 1.29 is 15.0 Å². The molecule has 3 atom stereocenters. The number of carboxylic acid groups (broad SMARTS) is 1. The van der Waals surface area contributed by atoms with Crippen LogP contribution >= 0.6 is 15.9 Å². The van der Waals surface area contributed by atoms with Gasteiger partial charge in [-0.1, -0.05) is 101 Å². The van der Waals surface area contributed by atoms with E-state index in [1.807, 2.05) is 84.9 Å². The smallest absolute Gasteiger partial charge is 0.0969 e. The number of halogens is 1. The van der Waals surface area contributed by atoms with Crippen LogP contribution in [0.15, 0.2) is 118 Å². The Morgan fingerprint density at radius 1 is 0.907 bits per heavy atom. The van der Waals surface area contributed by atoms with E-state index >= 15 is 0 Å². The lowest BCUT2D eigenvalue weighted by Gasteiger charge is -2.29. The van der Waals surface area contributed by atoms with Gasteiger partial charge in [0.05, 0.1) is 23.4 Å². The molecule has 0 aromatic heterocycles. The molecule has 4 aromatic rings. The SMILES string of the molecule is O=C([O-])[C@@H](N=C(c1ccccc1)c1ccccc1N=C([O-])[C@@H]1CCCN1Cc1ccccc1)[C@@H]1CCc2ccc(Br)cc21. The summed E-state index contributed by atoms with van der Waals surface area (Å²) in [7, 11) is 0. The Labute approximate surface area is 260 Å². The summed E-state index contributed by atoms with van der Waals surface area (Å²) < 4.78 is 0.901. The van der Waals surface area contributed by atoms with Crippen molar-refractivity contribution in [2.24, 2.45) is 9.98 Å². The highest BCUT2D eigenvalue weighted by atomic mass is 79.9. The molecule has 2 aliphatic rings. The van der Waals surface area contributed by atoms with Crippen LogP contribution in [0.3, 0.4) is 0 Å². The number of aryl methyl sites for hydroxylation is 1. The van der Waals surface area contributed by atoms with E-state index in [0.29, 0.717) is 29.9 Å². The highest BCUT2D eigenvalue weighted by molar-refractivity contribution is 9.10. The molecule has 0 radical (unpaired) electrons. The minimum Gasteiger partial charge on any atom is -0.861 e. The van der Waals surface area contributed by atoms with Crippen LogP contribution in [0.5, 0.6) is 0 Å². The van der Waals surface area contributed by atoms with Gasteiger partial charge in [0.2, 0.25) is 0 Å². The molecule has 6 rings (SSSR count). The maximum atomic E-state index is 13.7. The molecule has 1 fully saturated rings. The van der Waals surface area contributed by atoms with Crippen LogP contribution in [0, 0.1) is 0 Å². The van der Waals surface area contributed by atoms with Gasteiger partial charge < -0.3 is 15.0 Å². The molecule has 218 valence electrons. The summed E-state index contributed by atoms with van der Waals surface area (Å²) >= 11 is 3.54. The van der Waals surface area contributed by atoms with Crippen LogP contribution in [0.25, 0.3) is 0 Å². The van der Waals surface area contributed by atoms with Crippen molar-refractivity contribution >= 4 is 39.2 Å². The minimum absolute atomic E-state index is 0.195. The Hall–Kier alpha value is -4.07. The molecular weight excluding hydrogens is 602 g/mol. The highest BCUT2D eigenvalue weighted by Gasteiger charge is 2.32. The van der Waals surface area contributed by atoms with Gasteiger partial charge in [-0.25, -0.2) is 0 Å². The van der Waals surface area contributed by atoms with Crippen molar-refractivity contribution in [1.82, 2.24) is 4.90 Å². The van der Waals surface area contributed by atoms with Gasteiger partial charge in [0, 0.05) is 34.1 Å². The van der Waals surface area contributed by atoms with Crippen LogP contribution < -0.4 is 10.2 Å². The van der Waals surface area contributed by atoms with E-state index in [1.165, 1.54) is 0 Å². The van der Waals surface area contributed by atoms with Crippen LogP contribution in [-0.4, -0.2) is 41.1 Å². The average Bonchev–Trinajstić information content (AvgIpc) is 3.66. The number of para-hydroxylation sites is 1. The first-order valence-corrected chi connectivity index (χ1v) is 15.5. The Morgan fingerprint density at radius 3 is 2.40 bits per heavy atom. The molecule has 0 unspecified atom stereocenters. The predicted octanol–water partition coefficient (Wildman–Crippen LogP) is 5.19. The number of carbonyl (C=O) groups excluding carboxylic acids is 1. The van der Waals surface area contributed by atoms with Gasteiger partial charge in [-0.3, -0.25) is 14.9 Å². The highest BCUT2D eigenvalue weighted by Crippen LogP contribution is 2.39. The van der Waals surface area contributed by atoms with E-state index in [0.717, 1.165) is 52.5 Å². The zero-order chi connectivity index (χ0) is 29.8. The maximum Gasteiger partial charge on any atom is 0.0969 e. The van der Waals surface area contributed by atoms with Crippen molar-refractivity contribution in [1.29, 1.82) is 0 Å².